The van der Waals surface area contributed by atoms with Crippen molar-refractivity contribution in [2.24, 2.45) is 11.7 Å². The zero-order valence-electron chi connectivity index (χ0n) is 11.7. The quantitative estimate of drug-likeness (QED) is 0.918. The lowest BCUT2D eigenvalue weighted by Gasteiger charge is -2.29. The van der Waals surface area contributed by atoms with E-state index < -0.39 is 11.7 Å². The van der Waals surface area contributed by atoms with Crippen molar-refractivity contribution in [2.75, 3.05) is 19.6 Å². The van der Waals surface area contributed by atoms with Gasteiger partial charge in [-0.15, -0.1) is 0 Å². The van der Waals surface area contributed by atoms with Gasteiger partial charge in [0.2, 0.25) is 0 Å². The molecule has 2 N–H and O–H groups in total. The summed E-state index contributed by atoms with van der Waals surface area (Å²) in [4.78, 5) is 2.10. The van der Waals surface area contributed by atoms with Gasteiger partial charge in [0.1, 0.15) is 0 Å². The van der Waals surface area contributed by atoms with Crippen LogP contribution in [0, 0.1) is 5.92 Å². The van der Waals surface area contributed by atoms with E-state index in [-0.39, 0.29) is 12.6 Å². The van der Waals surface area contributed by atoms with E-state index in [4.69, 9.17) is 5.73 Å². The van der Waals surface area contributed by atoms with Crippen LogP contribution in [-0.2, 0) is 6.18 Å². The number of alkyl halides is 3. The number of nitrogens with two attached hydrogens (primary N) is 1. The summed E-state index contributed by atoms with van der Waals surface area (Å²) < 4.78 is 39.3. The molecule has 0 aromatic heterocycles. The Hall–Kier alpha value is -1.07. The molecule has 1 aromatic carbocycles. The number of rotatable bonds is 4. The molecule has 112 valence electrons. The van der Waals surface area contributed by atoms with E-state index in [0.29, 0.717) is 11.5 Å². The Morgan fingerprint density at radius 2 is 2.05 bits per heavy atom. The lowest BCUT2D eigenvalue weighted by molar-refractivity contribution is -0.138. The number of nitrogens with zero attached hydrogens (tertiary/aromatic N) is 1. The molecular weight excluding hydrogens is 265 g/mol. The molecule has 0 spiro atoms. The largest absolute Gasteiger partial charge is 0.416 e. The molecule has 0 radical (unpaired) electrons. The van der Waals surface area contributed by atoms with Crippen molar-refractivity contribution in [3.05, 3.63) is 35.4 Å². The van der Waals surface area contributed by atoms with Crippen LogP contribution in [0.3, 0.4) is 0 Å². The lowest BCUT2D eigenvalue weighted by Crippen LogP contribution is -2.33. The van der Waals surface area contributed by atoms with E-state index in [1.165, 1.54) is 6.07 Å². The highest BCUT2D eigenvalue weighted by atomic mass is 19.4. The van der Waals surface area contributed by atoms with Crippen LogP contribution in [0.4, 0.5) is 13.2 Å². The van der Waals surface area contributed by atoms with Crippen molar-refractivity contribution in [3.8, 4) is 0 Å². The molecule has 0 amide bonds. The van der Waals surface area contributed by atoms with Crippen molar-refractivity contribution in [3.63, 3.8) is 0 Å². The molecule has 2 nitrogen and oxygen atoms in total. The minimum Gasteiger partial charge on any atom is -0.329 e. The summed E-state index contributed by atoms with van der Waals surface area (Å²) in [5, 5.41) is 0. The first-order chi connectivity index (χ1) is 9.47. The average Bonchev–Trinajstić information content (AvgIpc) is 2.88. The maximum Gasteiger partial charge on any atom is 0.416 e. The van der Waals surface area contributed by atoms with Crippen molar-refractivity contribution in [1.82, 2.24) is 4.90 Å². The molecule has 1 heterocycles. The summed E-state index contributed by atoms with van der Waals surface area (Å²) in [6, 6.07) is 5.44. The highest BCUT2D eigenvalue weighted by Gasteiger charge is 2.37. The summed E-state index contributed by atoms with van der Waals surface area (Å²) in [5.41, 5.74) is 5.52. The average molecular weight is 286 g/mol. The van der Waals surface area contributed by atoms with Gasteiger partial charge in [-0.25, -0.2) is 0 Å². The van der Waals surface area contributed by atoms with Crippen molar-refractivity contribution < 1.29 is 13.2 Å². The van der Waals surface area contributed by atoms with Gasteiger partial charge in [-0.2, -0.15) is 13.2 Å². The normalized spacial score (nSPS) is 22.1. The molecule has 0 bridgehead atoms. The fourth-order valence-corrected chi connectivity index (χ4v) is 3.00. The van der Waals surface area contributed by atoms with Crippen LogP contribution >= 0.6 is 0 Å². The topological polar surface area (TPSA) is 29.3 Å². The second-order valence-electron chi connectivity index (χ2n) is 5.39. The molecule has 1 fully saturated rings. The summed E-state index contributed by atoms with van der Waals surface area (Å²) >= 11 is 0. The van der Waals surface area contributed by atoms with Crippen LogP contribution in [0.1, 0.15) is 36.9 Å². The molecule has 2 atom stereocenters. The van der Waals surface area contributed by atoms with E-state index in [0.717, 1.165) is 32.0 Å². The zero-order valence-corrected chi connectivity index (χ0v) is 11.7. The van der Waals surface area contributed by atoms with Gasteiger partial charge in [0.15, 0.2) is 0 Å². The van der Waals surface area contributed by atoms with Gasteiger partial charge in [-0.3, -0.25) is 4.90 Å². The van der Waals surface area contributed by atoms with Gasteiger partial charge in [0.05, 0.1) is 5.56 Å². The summed E-state index contributed by atoms with van der Waals surface area (Å²) in [6.07, 6.45) is -2.22. The predicted molar refractivity (Wildman–Crippen MR) is 73.2 cm³/mol. The van der Waals surface area contributed by atoms with Crippen molar-refractivity contribution in [2.45, 2.75) is 32.0 Å². The third-order valence-corrected chi connectivity index (χ3v) is 4.18. The van der Waals surface area contributed by atoms with E-state index in [9.17, 15) is 13.2 Å². The van der Waals surface area contributed by atoms with Gasteiger partial charge in [0.25, 0.3) is 0 Å². The van der Waals surface area contributed by atoms with Crippen LogP contribution in [0.15, 0.2) is 24.3 Å². The molecule has 2 unspecified atom stereocenters. The Labute approximate surface area is 117 Å². The third kappa shape index (κ3) is 3.15. The standard InChI is InChI=1S/C15H21F3N2/c1-2-11-7-8-20(10-11)14(9-19)12-5-3-4-6-13(12)15(16,17)18/h3-6,11,14H,2,7-10,19H2,1H3. The number of benzene rings is 1. The molecule has 2 rings (SSSR count). The smallest absolute Gasteiger partial charge is 0.329 e. The van der Waals surface area contributed by atoms with Gasteiger partial charge in [-0.05, 0) is 30.5 Å². The molecule has 20 heavy (non-hydrogen) atoms. The molecule has 1 saturated heterocycles. The van der Waals surface area contributed by atoms with E-state index in [2.05, 4.69) is 11.8 Å². The minimum absolute atomic E-state index is 0.212. The number of hydrogen-bond donors (Lipinski definition) is 1. The third-order valence-electron chi connectivity index (χ3n) is 4.18. The SMILES string of the molecule is CCC1CCN(C(CN)c2ccccc2C(F)(F)F)C1. The van der Waals surface area contributed by atoms with E-state index in [1.807, 2.05) is 0 Å². The van der Waals surface area contributed by atoms with Gasteiger partial charge >= 0.3 is 6.18 Å². The number of hydrogen-bond acceptors (Lipinski definition) is 2. The van der Waals surface area contributed by atoms with Gasteiger partial charge in [0, 0.05) is 19.1 Å². The minimum atomic E-state index is -4.33. The van der Waals surface area contributed by atoms with Crippen LogP contribution in [0.2, 0.25) is 0 Å². The van der Waals surface area contributed by atoms with Gasteiger partial charge < -0.3 is 5.73 Å². The van der Waals surface area contributed by atoms with Crippen LogP contribution in [0.25, 0.3) is 0 Å². The molecule has 1 aliphatic rings. The predicted octanol–water partition coefficient (Wildman–Crippen LogP) is 3.44. The van der Waals surface area contributed by atoms with Crippen molar-refractivity contribution >= 4 is 0 Å². The molecule has 5 heteroatoms. The lowest BCUT2D eigenvalue weighted by atomic mass is 9.98. The van der Waals surface area contributed by atoms with Crippen molar-refractivity contribution in [1.29, 1.82) is 0 Å². The van der Waals surface area contributed by atoms with Crippen LogP contribution in [0.5, 0.6) is 0 Å². The van der Waals surface area contributed by atoms with Crippen LogP contribution in [-0.4, -0.2) is 24.5 Å². The monoisotopic (exact) mass is 286 g/mol. The fraction of sp³-hybridized carbons (Fsp3) is 0.600. The fourth-order valence-electron chi connectivity index (χ4n) is 3.00. The Bertz CT molecular complexity index is 445. The Balaban J connectivity index is 2.29. The van der Waals surface area contributed by atoms with Crippen LogP contribution < -0.4 is 5.73 Å². The summed E-state index contributed by atoms with van der Waals surface area (Å²) in [7, 11) is 0. The Morgan fingerprint density at radius 3 is 2.60 bits per heavy atom. The summed E-state index contributed by atoms with van der Waals surface area (Å²) in [6.45, 7) is 4.00. The highest BCUT2D eigenvalue weighted by Crippen LogP contribution is 2.37. The first kappa shape index (κ1) is 15.3. The second kappa shape index (κ2) is 6.14. The number of likely N-dealkylation sites (tertiary alicyclic amines) is 1. The van der Waals surface area contributed by atoms with E-state index in [1.54, 1.807) is 12.1 Å². The molecule has 0 saturated carbocycles. The maximum absolute atomic E-state index is 13.1. The highest BCUT2D eigenvalue weighted by molar-refractivity contribution is 5.33. The molecule has 1 aliphatic heterocycles. The second-order valence-corrected chi connectivity index (χ2v) is 5.39. The first-order valence-corrected chi connectivity index (χ1v) is 7.07. The number of halogens is 3. The first-order valence-electron chi connectivity index (χ1n) is 7.07. The Morgan fingerprint density at radius 1 is 1.35 bits per heavy atom. The maximum atomic E-state index is 13.1. The zero-order chi connectivity index (χ0) is 14.8. The molecule has 0 aliphatic carbocycles. The van der Waals surface area contributed by atoms with Gasteiger partial charge in [-0.1, -0.05) is 31.5 Å². The molecule has 1 aromatic rings. The Kier molecular flexibility index (Phi) is 4.70. The molecular formula is C15H21F3N2. The van der Waals surface area contributed by atoms with E-state index >= 15 is 0 Å². The summed E-state index contributed by atoms with van der Waals surface area (Å²) in [5.74, 6) is 0.571.